The van der Waals surface area contributed by atoms with Crippen molar-refractivity contribution in [2.24, 2.45) is 0 Å². The fourth-order valence-corrected chi connectivity index (χ4v) is 1.64. The summed E-state index contributed by atoms with van der Waals surface area (Å²) >= 11 is 0. The van der Waals surface area contributed by atoms with Crippen molar-refractivity contribution in [3.8, 4) is 0 Å². The maximum Gasteiger partial charge on any atom is 0.354 e. The van der Waals surface area contributed by atoms with Gasteiger partial charge in [-0.1, -0.05) is 0 Å². The molecule has 0 bridgehead atoms. The van der Waals surface area contributed by atoms with E-state index in [4.69, 9.17) is 15.6 Å². The fraction of sp³-hybridized carbons (Fsp3) is 0.625. The Labute approximate surface area is 95.1 Å². The van der Waals surface area contributed by atoms with Crippen LogP contribution in [-0.2, 0) is 4.74 Å². The molecule has 17 heavy (non-hydrogen) atoms. The molecule has 1 aromatic heterocycles. The third kappa shape index (κ3) is 2.00. The number of rotatable bonds is 2. The van der Waals surface area contributed by atoms with Gasteiger partial charge in [0, 0.05) is 0 Å². The Hall–Kier alpha value is -1.55. The molecule has 94 valence electrons. The highest BCUT2D eigenvalue weighted by atomic mass is 16.8. The van der Waals surface area contributed by atoms with E-state index in [-0.39, 0.29) is 5.95 Å². The van der Waals surface area contributed by atoms with Crippen molar-refractivity contribution in [1.82, 2.24) is 14.5 Å². The second-order valence-corrected chi connectivity index (χ2v) is 3.63. The Bertz CT molecular complexity index is 463. The van der Waals surface area contributed by atoms with Crippen molar-refractivity contribution in [3.05, 3.63) is 16.8 Å². The van der Waals surface area contributed by atoms with Gasteiger partial charge in [-0.05, 0) is 0 Å². The number of hydrogen-bond acceptors (Lipinski definition) is 8. The van der Waals surface area contributed by atoms with E-state index in [1.165, 1.54) is 0 Å². The van der Waals surface area contributed by atoms with Gasteiger partial charge in [0.2, 0.25) is 5.95 Å². The van der Waals surface area contributed by atoms with Crippen molar-refractivity contribution in [2.45, 2.75) is 24.5 Å². The summed E-state index contributed by atoms with van der Waals surface area (Å²) in [6.07, 6.45) is -3.67. The van der Waals surface area contributed by atoms with Crippen molar-refractivity contribution >= 4 is 5.95 Å². The van der Waals surface area contributed by atoms with E-state index in [1.54, 1.807) is 0 Å². The van der Waals surface area contributed by atoms with Gasteiger partial charge in [-0.3, -0.25) is 4.57 Å². The number of nitrogen functional groups attached to an aromatic ring is 1. The number of hydrogen-bond donors (Lipinski definition) is 4. The Balaban J connectivity index is 2.32. The lowest BCUT2D eigenvalue weighted by Gasteiger charge is -2.16. The predicted molar refractivity (Wildman–Crippen MR) is 53.7 cm³/mol. The molecule has 0 aromatic carbocycles. The highest BCUT2D eigenvalue weighted by Crippen LogP contribution is 2.27. The molecule has 1 saturated heterocycles. The molecule has 4 atom stereocenters. The topological polar surface area (TPSA) is 144 Å². The maximum absolute atomic E-state index is 11.5. The van der Waals surface area contributed by atoms with Crippen molar-refractivity contribution in [1.29, 1.82) is 0 Å². The number of ether oxygens (including phenoxy) is 1. The lowest BCUT2D eigenvalue weighted by Crippen LogP contribution is -2.36. The Morgan fingerprint density at radius 2 is 2.18 bits per heavy atom. The van der Waals surface area contributed by atoms with Crippen LogP contribution >= 0.6 is 0 Å². The van der Waals surface area contributed by atoms with Crippen LogP contribution in [-0.4, -0.2) is 54.8 Å². The van der Waals surface area contributed by atoms with Gasteiger partial charge in [-0.25, -0.2) is 9.78 Å². The summed E-state index contributed by atoms with van der Waals surface area (Å²) < 4.78 is 6.04. The average molecular weight is 249 g/mol. The Morgan fingerprint density at radius 3 is 2.71 bits per heavy atom. The molecule has 0 spiro atoms. The van der Waals surface area contributed by atoms with Gasteiger partial charge >= 0.3 is 5.69 Å². The number of aromatic nitrogens is 3. The standard InChI is InChI=1S/C8H12N4O5/c9-7-10-2-12(8(16)11-7)6-5(15)4(14)3(1-13)17-6/h2-6,13-15H,1H2,(H2,9,11,16)/i1+1,3+1,4+1,5+1,6+1. The van der Waals surface area contributed by atoms with Crippen molar-refractivity contribution < 1.29 is 20.1 Å². The molecule has 0 aliphatic carbocycles. The van der Waals surface area contributed by atoms with Crippen LogP contribution in [0.15, 0.2) is 11.1 Å². The summed E-state index contributed by atoms with van der Waals surface area (Å²) in [4.78, 5) is 18.4. The molecule has 1 fully saturated rings. The van der Waals surface area contributed by atoms with Crippen molar-refractivity contribution in [3.63, 3.8) is 0 Å². The smallest absolute Gasteiger partial charge is 0.354 e. The molecule has 1 aliphatic rings. The van der Waals surface area contributed by atoms with Gasteiger partial charge in [0.05, 0.1) is 6.61 Å². The predicted octanol–water partition coefficient (Wildman–Crippen LogP) is -3.17. The summed E-state index contributed by atoms with van der Waals surface area (Å²) in [5, 5.41) is 28.1. The van der Waals surface area contributed by atoms with Crippen molar-refractivity contribution in [2.75, 3.05) is 12.3 Å². The molecule has 0 radical (unpaired) electrons. The summed E-state index contributed by atoms with van der Waals surface area (Å²) in [5.74, 6) is -0.196. The number of nitrogens with zero attached hydrogens (tertiary/aromatic N) is 3. The molecule has 1 aromatic rings. The first-order valence-electron chi connectivity index (χ1n) is 4.87. The molecule has 0 amide bonds. The molecule has 9 nitrogen and oxygen atoms in total. The lowest BCUT2D eigenvalue weighted by molar-refractivity contribution is -0.0554. The second kappa shape index (κ2) is 4.37. The summed E-state index contributed by atoms with van der Waals surface area (Å²) in [7, 11) is 0. The van der Waals surface area contributed by atoms with Gasteiger partial charge in [0.1, 0.15) is 24.6 Å². The molecule has 9 heteroatoms. The van der Waals surface area contributed by atoms with Crippen LogP contribution in [0.5, 0.6) is 0 Å². The first-order valence-corrected chi connectivity index (χ1v) is 4.87. The zero-order valence-electron chi connectivity index (χ0n) is 8.67. The van der Waals surface area contributed by atoms with Gasteiger partial charge in [-0.15, -0.1) is 0 Å². The van der Waals surface area contributed by atoms with Crippen LogP contribution in [0.25, 0.3) is 0 Å². The van der Waals surface area contributed by atoms with E-state index >= 15 is 0 Å². The summed E-state index contributed by atoms with van der Waals surface area (Å²) in [6.45, 7) is -0.473. The third-order valence-electron chi connectivity index (χ3n) is 2.54. The van der Waals surface area contributed by atoms with Gasteiger partial charge < -0.3 is 25.8 Å². The molecular formula is C8H12N4O5. The largest absolute Gasteiger partial charge is 0.394 e. The van der Waals surface area contributed by atoms with E-state index < -0.39 is 36.8 Å². The lowest BCUT2D eigenvalue weighted by atomic mass is 10.9. The Kier molecular flexibility index (Phi) is 3.07. The fourth-order valence-electron chi connectivity index (χ4n) is 1.64. The first kappa shape index (κ1) is 11.9. The minimum Gasteiger partial charge on any atom is -0.394 e. The Morgan fingerprint density at radius 1 is 1.47 bits per heavy atom. The van der Waals surface area contributed by atoms with Gasteiger partial charge in [0.25, 0.3) is 0 Å². The van der Waals surface area contributed by atoms with Gasteiger partial charge in [-0.2, -0.15) is 4.98 Å². The zero-order valence-corrected chi connectivity index (χ0v) is 8.67. The molecule has 4 unspecified atom stereocenters. The van der Waals surface area contributed by atoms with Gasteiger partial charge in [0.15, 0.2) is 6.23 Å². The molecule has 2 rings (SSSR count). The minimum atomic E-state index is -1.35. The van der Waals surface area contributed by atoms with E-state index in [1.807, 2.05) is 0 Å². The second-order valence-electron chi connectivity index (χ2n) is 3.63. The number of anilines is 1. The SMILES string of the molecule is Nc1ncn([13CH]2O[13CH]([13CH2]O)[13CH](O)[13CH]2O)c(=O)n1. The van der Waals surface area contributed by atoms with Crippen LogP contribution in [0, 0.1) is 0 Å². The van der Waals surface area contributed by atoms with Crippen LogP contribution in [0.1, 0.15) is 6.23 Å². The number of aliphatic hydroxyl groups is 3. The third-order valence-corrected chi connectivity index (χ3v) is 2.54. The average Bonchev–Trinajstić information content (AvgIpc) is 2.57. The first-order chi connectivity index (χ1) is 8.04. The van der Waals surface area contributed by atoms with Crippen LogP contribution < -0.4 is 11.4 Å². The van der Waals surface area contributed by atoms with E-state index in [0.717, 1.165) is 10.9 Å². The number of nitrogens with two attached hydrogens (primary N) is 1. The quantitative estimate of drug-likeness (QED) is 0.402. The van der Waals surface area contributed by atoms with E-state index in [2.05, 4.69) is 9.97 Å². The van der Waals surface area contributed by atoms with E-state index in [9.17, 15) is 15.0 Å². The molecular weight excluding hydrogens is 237 g/mol. The highest BCUT2D eigenvalue weighted by molar-refractivity contribution is 5.10. The molecule has 0 saturated carbocycles. The molecule has 1 aliphatic heterocycles. The molecule has 5 N–H and O–H groups in total. The zero-order chi connectivity index (χ0) is 12.6. The van der Waals surface area contributed by atoms with Crippen LogP contribution in [0.2, 0.25) is 0 Å². The van der Waals surface area contributed by atoms with E-state index in [0.29, 0.717) is 0 Å². The molecule has 2 heterocycles. The normalized spacial score (nSPS) is 32.9. The minimum absolute atomic E-state index is 0.196. The van der Waals surface area contributed by atoms with Crippen LogP contribution in [0.3, 0.4) is 0 Å². The number of aliphatic hydroxyl groups excluding tert-OH is 3. The summed E-state index contributed by atoms with van der Waals surface area (Å²) in [6, 6.07) is 0. The monoisotopic (exact) mass is 249 g/mol. The summed E-state index contributed by atoms with van der Waals surface area (Å²) in [5.41, 5.74) is 4.46. The van der Waals surface area contributed by atoms with Crippen LogP contribution in [0.4, 0.5) is 5.95 Å². The highest BCUT2D eigenvalue weighted by Gasteiger charge is 2.43. The maximum atomic E-state index is 11.5.